The molecule has 0 saturated carbocycles. The van der Waals surface area contributed by atoms with E-state index in [1.807, 2.05) is 12.1 Å². The monoisotopic (exact) mass is 324 g/mol. The van der Waals surface area contributed by atoms with Crippen LogP contribution in [0.4, 0.5) is 4.39 Å². The number of H-pyrrole nitrogens is 1. The van der Waals surface area contributed by atoms with Gasteiger partial charge in [-0.2, -0.15) is 10.2 Å². The van der Waals surface area contributed by atoms with Gasteiger partial charge < -0.3 is 5.11 Å². The fraction of sp³-hybridized carbons (Fsp3) is 0.125. The van der Waals surface area contributed by atoms with Crippen molar-refractivity contribution in [2.45, 2.75) is 13.2 Å². The van der Waals surface area contributed by atoms with Crippen LogP contribution in [0.25, 0.3) is 22.6 Å². The van der Waals surface area contributed by atoms with Crippen molar-refractivity contribution >= 4 is 11.0 Å². The van der Waals surface area contributed by atoms with Crippen molar-refractivity contribution < 1.29 is 9.50 Å². The molecule has 8 heteroatoms. The zero-order chi connectivity index (χ0) is 16.5. The number of fused-ring (bicyclic) bond motifs is 1. The number of hydrogen-bond acceptors (Lipinski definition) is 5. The van der Waals surface area contributed by atoms with Gasteiger partial charge in [-0.05, 0) is 29.8 Å². The van der Waals surface area contributed by atoms with Gasteiger partial charge in [-0.1, -0.05) is 12.1 Å². The number of nitrogens with zero attached hydrogens (tertiary/aromatic N) is 5. The molecule has 0 spiro atoms. The second-order valence-corrected chi connectivity index (χ2v) is 5.27. The molecule has 4 rings (SSSR count). The number of aromatic nitrogens is 6. The van der Waals surface area contributed by atoms with Gasteiger partial charge in [-0.25, -0.2) is 19.0 Å². The molecule has 0 aliphatic carbocycles. The second kappa shape index (κ2) is 5.82. The van der Waals surface area contributed by atoms with E-state index in [1.165, 1.54) is 12.1 Å². The topological polar surface area (TPSA) is 92.5 Å². The highest BCUT2D eigenvalue weighted by Crippen LogP contribution is 2.24. The molecule has 3 aromatic heterocycles. The number of hydrogen-bond donors (Lipinski definition) is 2. The highest BCUT2D eigenvalue weighted by atomic mass is 19.1. The van der Waals surface area contributed by atoms with Crippen LogP contribution in [0.15, 0.2) is 42.6 Å². The molecule has 0 bridgehead atoms. The standard InChI is InChI=1S/C16H13FN6O/c17-11-5-3-10(4-6-11)8-23-16-12(2-1-7-18-16)14(22-23)15-19-13(9-24)20-21-15/h1-7,24H,8-9H2,(H,19,20,21). The molecule has 0 radical (unpaired) electrons. The Morgan fingerprint density at radius 1 is 1.17 bits per heavy atom. The summed E-state index contributed by atoms with van der Waals surface area (Å²) in [5, 5.41) is 21.2. The van der Waals surface area contributed by atoms with E-state index in [4.69, 9.17) is 5.11 Å². The lowest BCUT2D eigenvalue weighted by atomic mass is 10.2. The molecule has 0 saturated heterocycles. The van der Waals surface area contributed by atoms with Crippen molar-refractivity contribution in [3.05, 3.63) is 59.8 Å². The minimum atomic E-state index is -0.278. The van der Waals surface area contributed by atoms with Crippen LogP contribution in [0.1, 0.15) is 11.4 Å². The van der Waals surface area contributed by atoms with Gasteiger partial charge in [0.25, 0.3) is 0 Å². The Balaban J connectivity index is 1.80. The molecular weight excluding hydrogens is 311 g/mol. The van der Waals surface area contributed by atoms with Crippen molar-refractivity contribution in [3.8, 4) is 11.5 Å². The molecule has 0 aliphatic heterocycles. The molecule has 7 nitrogen and oxygen atoms in total. The van der Waals surface area contributed by atoms with Crippen LogP contribution < -0.4 is 0 Å². The SMILES string of the molecule is OCc1nc(-c2nn(Cc3ccc(F)cc3)c3ncccc23)n[nH]1. The van der Waals surface area contributed by atoms with Gasteiger partial charge in [-0.3, -0.25) is 5.10 Å². The predicted molar refractivity (Wildman–Crippen MR) is 84.3 cm³/mol. The average molecular weight is 324 g/mol. The van der Waals surface area contributed by atoms with Crippen molar-refractivity contribution in [2.24, 2.45) is 0 Å². The van der Waals surface area contributed by atoms with Crippen LogP contribution >= 0.6 is 0 Å². The number of pyridine rings is 1. The molecule has 0 amide bonds. The van der Waals surface area contributed by atoms with E-state index in [2.05, 4.69) is 25.3 Å². The number of benzene rings is 1. The molecule has 120 valence electrons. The minimum Gasteiger partial charge on any atom is -0.388 e. The first-order valence-electron chi connectivity index (χ1n) is 7.33. The van der Waals surface area contributed by atoms with E-state index in [9.17, 15) is 4.39 Å². The summed E-state index contributed by atoms with van der Waals surface area (Å²) in [6, 6.07) is 9.96. The Hall–Kier alpha value is -3.13. The van der Waals surface area contributed by atoms with Gasteiger partial charge in [0.05, 0.1) is 11.9 Å². The highest BCUT2D eigenvalue weighted by molar-refractivity contribution is 5.89. The third kappa shape index (κ3) is 2.52. The maximum atomic E-state index is 13.1. The van der Waals surface area contributed by atoms with Crippen LogP contribution in [0.2, 0.25) is 0 Å². The number of halogens is 1. The first-order chi connectivity index (χ1) is 11.7. The Morgan fingerprint density at radius 3 is 2.75 bits per heavy atom. The predicted octanol–water partition coefficient (Wildman–Crippen LogP) is 1.90. The summed E-state index contributed by atoms with van der Waals surface area (Å²) in [6.45, 7) is 0.227. The average Bonchev–Trinajstić information content (AvgIpc) is 3.22. The Kier molecular flexibility index (Phi) is 3.51. The maximum Gasteiger partial charge on any atom is 0.202 e. The molecule has 0 atom stereocenters. The summed E-state index contributed by atoms with van der Waals surface area (Å²) in [4.78, 5) is 8.59. The van der Waals surface area contributed by atoms with Crippen molar-refractivity contribution in [1.82, 2.24) is 29.9 Å². The lowest BCUT2D eigenvalue weighted by Crippen LogP contribution is -2.02. The van der Waals surface area contributed by atoms with E-state index in [0.29, 0.717) is 29.5 Å². The van der Waals surface area contributed by atoms with E-state index in [-0.39, 0.29) is 12.4 Å². The van der Waals surface area contributed by atoms with Crippen LogP contribution in [-0.4, -0.2) is 35.1 Å². The summed E-state index contributed by atoms with van der Waals surface area (Å²) in [5.41, 5.74) is 2.17. The lowest BCUT2D eigenvalue weighted by molar-refractivity contribution is 0.272. The highest BCUT2D eigenvalue weighted by Gasteiger charge is 2.17. The molecule has 0 unspecified atom stereocenters. The molecular formula is C16H13FN6O. The maximum absolute atomic E-state index is 13.1. The molecule has 2 N–H and O–H groups in total. The summed E-state index contributed by atoms with van der Waals surface area (Å²) in [5.74, 6) is 0.491. The molecule has 3 heterocycles. The zero-order valence-electron chi connectivity index (χ0n) is 12.5. The minimum absolute atomic E-state index is 0.223. The van der Waals surface area contributed by atoms with Gasteiger partial charge in [0.1, 0.15) is 18.1 Å². The first kappa shape index (κ1) is 14.5. The van der Waals surface area contributed by atoms with Crippen molar-refractivity contribution in [1.29, 1.82) is 0 Å². The molecule has 1 aromatic carbocycles. The largest absolute Gasteiger partial charge is 0.388 e. The Labute approximate surface area is 135 Å². The van der Waals surface area contributed by atoms with Gasteiger partial charge in [0, 0.05) is 6.20 Å². The summed E-state index contributed by atoms with van der Waals surface area (Å²) >= 11 is 0. The van der Waals surface area contributed by atoms with Gasteiger partial charge in [0.2, 0.25) is 5.82 Å². The fourth-order valence-corrected chi connectivity index (χ4v) is 2.52. The van der Waals surface area contributed by atoms with E-state index in [1.54, 1.807) is 23.0 Å². The number of aliphatic hydroxyl groups excluding tert-OH is 1. The van der Waals surface area contributed by atoms with Crippen LogP contribution in [0.5, 0.6) is 0 Å². The molecule has 0 aliphatic rings. The number of rotatable bonds is 4. The van der Waals surface area contributed by atoms with Gasteiger partial charge >= 0.3 is 0 Å². The summed E-state index contributed by atoms with van der Waals surface area (Å²) in [7, 11) is 0. The molecule has 4 aromatic rings. The zero-order valence-corrected chi connectivity index (χ0v) is 12.5. The van der Waals surface area contributed by atoms with E-state index in [0.717, 1.165) is 10.9 Å². The summed E-state index contributed by atoms with van der Waals surface area (Å²) in [6.07, 6.45) is 1.69. The molecule has 0 fully saturated rings. The van der Waals surface area contributed by atoms with E-state index >= 15 is 0 Å². The number of nitrogens with one attached hydrogen (secondary N) is 1. The quantitative estimate of drug-likeness (QED) is 0.598. The van der Waals surface area contributed by atoms with E-state index < -0.39 is 0 Å². The van der Waals surface area contributed by atoms with Crippen LogP contribution in [0, 0.1) is 5.82 Å². The van der Waals surface area contributed by atoms with Gasteiger partial charge in [-0.15, -0.1) is 0 Å². The summed E-state index contributed by atoms with van der Waals surface area (Å²) < 4.78 is 14.8. The third-order valence-electron chi connectivity index (χ3n) is 3.65. The fourth-order valence-electron chi connectivity index (χ4n) is 2.52. The Morgan fingerprint density at radius 2 is 2.00 bits per heavy atom. The number of aromatic amines is 1. The lowest BCUT2D eigenvalue weighted by Gasteiger charge is -2.02. The van der Waals surface area contributed by atoms with Crippen molar-refractivity contribution in [2.75, 3.05) is 0 Å². The normalized spacial score (nSPS) is 11.2. The van der Waals surface area contributed by atoms with Crippen LogP contribution in [0.3, 0.4) is 0 Å². The third-order valence-corrected chi connectivity index (χ3v) is 3.65. The Bertz CT molecular complexity index is 991. The smallest absolute Gasteiger partial charge is 0.202 e. The van der Waals surface area contributed by atoms with Crippen LogP contribution in [-0.2, 0) is 13.2 Å². The number of aliphatic hydroxyl groups is 1. The first-order valence-corrected chi connectivity index (χ1v) is 7.33. The molecule has 24 heavy (non-hydrogen) atoms. The van der Waals surface area contributed by atoms with Crippen molar-refractivity contribution in [3.63, 3.8) is 0 Å². The second-order valence-electron chi connectivity index (χ2n) is 5.27. The van der Waals surface area contributed by atoms with Gasteiger partial charge in [0.15, 0.2) is 11.5 Å².